The number of carbonyl (C=O) groups is 1. The van der Waals surface area contributed by atoms with Gasteiger partial charge in [-0.3, -0.25) is 14.8 Å². The maximum absolute atomic E-state index is 10.0. The second-order valence-corrected chi connectivity index (χ2v) is 11.8. The summed E-state index contributed by atoms with van der Waals surface area (Å²) in [4.78, 5) is 19.8. The Morgan fingerprint density at radius 1 is 0.974 bits per heavy atom. The summed E-state index contributed by atoms with van der Waals surface area (Å²) in [6.45, 7) is 18.3. The Labute approximate surface area is 238 Å². The molecule has 0 saturated carbocycles. The molecule has 4 aromatic rings. The van der Waals surface area contributed by atoms with Crippen LogP contribution in [0.3, 0.4) is 0 Å². The number of pyridine rings is 2. The number of ketones is 1. The second-order valence-electron chi connectivity index (χ2n) is 11.8. The van der Waals surface area contributed by atoms with Crippen molar-refractivity contribution in [2.45, 2.75) is 73.1 Å². The second kappa shape index (κ2) is 10.6. The summed E-state index contributed by atoms with van der Waals surface area (Å²) in [6, 6.07) is 14.1. The molecule has 3 heterocycles. The maximum Gasteiger partial charge on any atom is 0.155 e. The fourth-order valence-electron chi connectivity index (χ4n) is 4.77. The molecule has 0 fully saturated rings. The number of rotatable bonds is 1. The summed E-state index contributed by atoms with van der Waals surface area (Å²) in [5, 5.41) is 11.7. The maximum atomic E-state index is 10.0. The third-order valence-electron chi connectivity index (χ3n) is 6.38. The molecule has 1 aliphatic heterocycles. The van der Waals surface area contributed by atoms with Gasteiger partial charge in [-0.05, 0) is 59.7 Å². The molecule has 0 aliphatic carbocycles. The van der Waals surface area contributed by atoms with Crippen LogP contribution in [-0.4, -0.2) is 20.9 Å². The molecule has 1 aliphatic rings. The average molecular weight is 688 g/mol. The minimum atomic E-state index is -0.125. The Balaban J connectivity index is 0.000000444. The number of aryl methyl sites for hydroxylation is 1. The predicted octanol–water partition coefficient (Wildman–Crippen LogP) is 8.29. The number of para-hydroxylation sites is 1. The van der Waals surface area contributed by atoms with Gasteiger partial charge in [0.1, 0.15) is 5.75 Å². The van der Waals surface area contributed by atoms with Crippen LogP contribution in [0.1, 0.15) is 72.1 Å². The van der Waals surface area contributed by atoms with E-state index in [1.807, 2.05) is 6.20 Å². The Hall–Kier alpha value is -3.08. The fourth-order valence-corrected chi connectivity index (χ4v) is 4.77. The first-order valence-corrected chi connectivity index (χ1v) is 12.5. The number of fused-ring (bicyclic) bond motifs is 3. The molecule has 0 saturated heterocycles. The van der Waals surface area contributed by atoms with Crippen molar-refractivity contribution in [1.82, 2.24) is 9.97 Å². The van der Waals surface area contributed by atoms with Gasteiger partial charge in [-0.25, -0.2) is 0 Å². The molecule has 0 spiro atoms. The summed E-state index contributed by atoms with van der Waals surface area (Å²) in [7, 11) is 0. The predicted molar refractivity (Wildman–Crippen MR) is 151 cm³/mol. The van der Waals surface area contributed by atoms with Crippen LogP contribution in [0.15, 0.2) is 48.4 Å². The first kappa shape index (κ1) is 29.5. The summed E-state index contributed by atoms with van der Waals surface area (Å²) < 4.78 is 6.37. The Kier molecular flexibility index (Phi) is 8.21. The molecular formula is C32H35IrN2O3-. The number of hydrogen-bond donors (Lipinski definition) is 1. The number of nitrogens with zero attached hydrogens (tertiary/aromatic N) is 2. The Morgan fingerprint density at radius 3 is 2.18 bits per heavy atom. The molecule has 0 unspecified atom stereocenters. The molecule has 5 nitrogen and oxygen atoms in total. The third kappa shape index (κ3) is 5.67. The molecule has 38 heavy (non-hydrogen) atoms. The molecule has 0 atom stereocenters. The van der Waals surface area contributed by atoms with Gasteiger partial charge in [0.15, 0.2) is 11.7 Å². The molecule has 0 amide bonds. The van der Waals surface area contributed by atoms with Gasteiger partial charge in [-0.1, -0.05) is 70.7 Å². The van der Waals surface area contributed by atoms with Gasteiger partial charge in [0.05, 0.1) is 5.76 Å². The third-order valence-corrected chi connectivity index (χ3v) is 6.38. The molecule has 1 radical (unpaired) electrons. The molecule has 6 heteroatoms. The molecule has 0 bridgehead atoms. The van der Waals surface area contributed by atoms with Crippen LogP contribution in [0, 0.1) is 13.0 Å². The zero-order valence-corrected chi connectivity index (χ0v) is 25.9. The number of aliphatic hydroxyl groups excluding tert-OH is 1. The minimum Gasteiger partial charge on any atom is -0.512 e. The Morgan fingerprint density at radius 2 is 1.63 bits per heavy atom. The monoisotopic (exact) mass is 688 g/mol. The molecule has 1 N–H and O–H groups in total. The Bertz CT molecular complexity index is 1570. The topological polar surface area (TPSA) is 72.3 Å². The SMILES string of the molecule is CC(=O)/C=C(/C)O.Cc1cnc2c3c(ccc(C(C)(C)C)c13)Oc1nc3c(C(C)(C)C)cccc3[c-]c1-2.[Ir]. The zero-order valence-electron chi connectivity index (χ0n) is 23.5. The number of aliphatic hydroxyl groups is 1. The van der Waals surface area contributed by atoms with E-state index >= 15 is 0 Å². The molecule has 201 valence electrons. The smallest absolute Gasteiger partial charge is 0.155 e. The van der Waals surface area contributed by atoms with Gasteiger partial charge in [-0.15, -0.1) is 12.1 Å². The van der Waals surface area contributed by atoms with Crippen molar-refractivity contribution in [3.63, 3.8) is 0 Å². The van der Waals surface area contributed by atoms with Crippen LogP contribution in [0.5, 0.6) is 11.6 Å². The average Bonchev–Trinajstić information content (AvgIpc) is 2.77. The number of allylic oxidation sites excluding steroid dienone is 2. The van der Waals surface area contributed by atoms with E-state index in [-0.39, 0.29) is 42.5 Å². The van der Waals surface area contributed by atoms with Crippen LogP contribution in [0.4, 0.5) is 0 Å². The summed E-state index contributed by atoms with van der Waals surface area (Å²) in [5.41, 5.74) is 6.37. The van der Waals surface area contributed by atoms with E-state index in [1.165, 1.54) is 36.4 Å². The number of benzene rings is 2. The fraction of sp³-hybridized carbons (Fsp3) is 0.344. The van der Waals surface area contributed by atoms with E-state index < -0.39 is 0 Å². The standard InChI is InChI=1S/C27H27N2O.C5H8O2.Ir/c1-15-14-28-24-17-13-16-9-8-10-19(27(5,6)7)23(16)29-25(17)30-20-12-11-18(26(2,3)4)21(15)22(20)24;1-4(6)3-5(2)7;/h8-12,14H,1-7H3;3,6H,1-2H3;/q-1;;/b;4-3-;. The zero-order chi connectivity index (χ0) is 27.3. The van der Waals surface area contributed by atoms with Crippen molar-refractivity contribution in [1.29, 1.82) is 0 Å². The molecule has 2 aromatic carbocycles. The number of carbonyl (C=O) groups excluding carboxylic acids is 1. The first-order valence-electron chi connectivity index (χ1n) is 12.5. The van der Waals surface area contributed by atoms with E-state index in [2.05, 4.69) is 84.9 Å². The van der Waals surface area contributed by atoms with E-state index in [0.717, 1.165) is 38.9 Å². The number of ether oxygens (including phenoxy) is 1. The normalized spacial score (nSPS) is 12.7. The van der Waals surface area contributed by atoms with Gasteiger partial charge >= 0.3 is 0 Å². The van der Waals surface area contributed by atoms with Gasteiger partial charge in [-0.2, -0.15) is 0 Å². The van der Waals surface area contributed by atoms with Crippen molar-refractivity contribution < 1.29 is 34.7 Å². The van der Waals surface area contributed by atoms with Crippen molar-refractivity contribution >= 4 is 27.5 Å². The number of aromatic nitrogens is 2. The van der Waals surface area contributed by atoms with E-state index in [1.54, 1.807) is 0 Å². The van der Waals surface area contributed by atoms with E-state index in [9.17, 15) is 4.79 Å². The van der Waals surface area contributed by atoms with Crippen molar-refractivity contribution in [2.75, 3.05) is 0 Å². The van der Waals surface area contributed by atoms with E-state index in [0.29, 0.717) is 5.88 Å². The summed E-state index contributed by atoms with van der Waals surface area (Å²) in [6.07, 6.45) is 3.13. The van der Waals surface area contributed by atoms with Crippen molar-refractivity contribution in [3.8, 4) is 22.9 Å². The largest absolute Gasteiger partial charge is 0.512 e. The minimum absolute atomic E-state index is 0. The molecular weight excluding hydrogens is 653 g/mol. The van der Waals surface area contributed by atoms with Crippen LogP contribution >= 0.6 is 0 Å². The van der Waals surface area contributed by atoms with Gasteiger partial charge in [0, 0.05) is 49.0 Å². The van der Waals surface area contributed by atoms with Crippen LogP contribution < -0.4 is 4.74 Å². The van der Waals surface area contributed by atoms with Gasteiger partial charge in [0.25, 0.3) is 0 Å². The quantitative estimate of drug-likeness (QED) is 0.109. The van der Waals surface area contributed by atoms with Crippen LogP contribution in [0.2, 0.25) is 0 Å². The first-order chi connectivity index (χ1) is 17.2. The number of hydrogen-bond acceptors (Lipinski definition) is 5. The summed E-state index contributed by atoms with van der Waals surface area (Å²) >= 11 is 0. The van der Waals surface area contributed by atoms with Gasteiger partial charge < -0.3 is 9.84 Å². The van der Waals surface area contributed by atoms with Crippen LogP contribution in [0.25, 0.3) is 32.9 Å². The molecule has 2 aromatic heterocycles. The van der Waals surface area contributed by atoms with Crippen molar-refractivity contribution in [2.24, 2.45) is 0 Å². The summed E-state index contributed by atoms with van der Waals surface area (Å²) in [5.74, 6) is 1.35. The molecule has 5 rings (SSSR count). The van der Waals surface area contributed by atoms with E-state index in [4.69, 9.17) is 19.8 Å². The van der Waals surface area contributed by atoms with Crippen molar-refractivity contribution in [3.05, 3.63) is 71.1 Å². The van der Waals surface area contributed by atoms with Crippen LogP contribution in [-0.2, 0) is 35.7 Å². The van der Waals surface area contributed by atoms with Gasteiger partial charge in [0.2, 0.25) is 0 Å².